The maximum Gasteiger partial charge on any atom is 0.258 e. The van der Waals surface area contributed by atoms with Crippen molar-refractivity contribution in [3.8, 4) is 0 Å². The summed E-state index contributed by atoms with van der Waals surface area (Å²) in [6, 6.07) is 21.1. The van der Waals surface area contributed by atoms with Gasteiger partial charge in [-0.05, 0) is 86.2 Å². The first kappa shape index (κ1) is 20.9. The second-order valence-corrected chi connectivity index (χ2v) is 8.18. The Hall–Kier alpha value is -3.40. The van der Waals surface area contributed by atoms with Gasteiger partial charge in [-0.25, -0.2) is 0 Å². The van der Waals surface area contributed by atoms with Crippen molar-refractivity contribution in [2.45, 2.75) is 39.5 Å². The normalized spacial score (nSPS) is 13.7. The molecule has 0 spiro atoms. The average Bonchev–Trinajstić information content (AvgIpc) is 2.76. The largest absolute Gasteiger partial charge is 0.322 e. The predicted molar refractivity (Wildman–Crippen MR) is 126 cm³/mol. The molecule has 0 saturated heterocycles. The number of nitrogens with one attached hydrogen (secondary N) is 1. The highest BCUT2D eigenvalue weighted by atomic mass is 16.2. The molecule has 1 heterocycles. The molecule has 3 aromatic rings. The van der Waals surface area contributed by atoms with Crippen molar-refractivity contribution < 1.29 is 9.59 Å². The SMILES string of the molecule is Cc1cccc(C(=O)Nc2ccc(C(=O)N3CCCCCc4ccccc43)cc2)c1C. The third kappa shape index (κ3) is 4.53. The fourth-order valence-electron chi connectivity index (χ4n) is 4.13. The van der Waals surface area contributed by atoms with Crippen LogP contribution < -0.4 is 10.2 Å². The summed E-state index contributed by atoms with van der Waals surface area (Å²) >= 11 is 0. The first-order chi connectivity index (χ1) is 15.0. The molecule has 1 N–H and O–H groups in total. The number of para-hydroxylation sites is 1. The van der Waals surface area contributed by atoms with Gasteiger partial charge in [0.2, 0.25) is 0 Å². The molecule has 0 fully saturated rings. The average molecular weight is 413 g/mol. The molecule has 0 saturated carbocycles. The number of fused-ring (bicyclic) bond motifs is 1. The zero-order valence-corrected chi connectivity index (χ0v) is 18.2. The molecule has 1 aliphatic heterocycles. The molecule has 0 aromatic heterocycles. The number of hydrogen-bond acceptors (Lipinski definition) is 2. The molecule has 3 aromatic carbocycles. The monoisotopic (exact) mass is 412 g/mol. The number of rotatable bonds is 3. The van der Waals surface area contributed by atoms with E-state index in [4.69, 9.17) is 0 Å². The molecule has 4 rings (SSSR count). The smallest absolute Gasteiger partial charge is 0.258 e. The van der Waals surface area contributed by atoms with Crippen molar-refractivity contribution in [3.63, 3.8) is 0 Å². The Labute approximate surface area is 183 Å². The van der Waals surface area contributed by atoms with Crippen LogP contribution in [0.1, 0.15) is 56.7 Å². The van der Waals surface area contributed by atoms with Crippen LogP contribution in [0.5, 0.6) is 0 Å². The van der Waals surface area contributed by atoms with Crippen LogP contribution in [0.15, 0.2) is 66.7 Å². The van der Waals surface area contributed by atoms with Gasteiger partial charge in [0.15, 0.2) is 0 Å². The molecule has 0 aliphatic carbocycles. The summed E-state index contributed by atoms with van der Waals surface area (Å²) < 4.78 is 0. The number of anilines is 2. The van der Waals surface area contributed by atoms with Crippen LogP contribution in [0.2, 0.25) is 0 Å². The van der Waals surface area contributed by atoms with E-state index in [2.05, 4.69) is 11.4 Å². The predicted octanol–water partition coefficient (Wildman–Crippen LogP) is 5.93. The molecular formula is C27H28N2O2. The molecule has 0 unspecified atom stereocenters. The van der Waals surface area contributed by atoms with Gasteiger partial charge in [0.05, 0.1) is 0 Å². The molecule has 0 radical (unpaired) electrons. The molecular weight excluding hydrogens is 384 g/mol. The van der Waals surface area contributed by atoms with Crippen molar-refractivity contribution >= 4 is 23.2 Å². The van der Waals surface area contributed by atoms with E-state index in [9.17, 15) is 9.59 Å². The van der Waals surface area contributed by atoms with Gasteiger partial charge in [0, 0.05) is 29.0 Å². The zero-order chi connectivity index (χ0) is 21.8. The third-order valence-corrected chi connectivity index (χ3v) is 6.09. The Morgan fingerprint density at radius 2 is 1.61 bits per heavy atom. The van der Waals surface area contributed by atoms with E-state index in [1.165, 1.54) is 5.56 Å². The number of benzene rings is 3. The third-order valence-electron chi connectivity index (χ3n) is 6.09. The molecule has 31 heavy (non-hydrogen) atoms. The van der Waals surface area contributed by atoms with Crippen molar-refractivity contribution in [1.82, 2.24) is 0 Å². The first-order valence-corrected chi connectivity index (χ1v) is 10.9. The maximum absolute atomic E-state index is 13.3. The van der Waals surface area contributed by atoms with Crippen LogP contribution in [-0.4, -0.2) is 18.4 Å². The van der Waals surface area contributed by atoms with Gasteiger partial charge in [0.25, 0.3) is 11.8 Å². The number of aryl methyl sites for hydroxylation is 2. The van der Waals surface area contributed by atoms with Gasteiger partial charge in [-0.1, -0.05) is 36.8 Å². The number of amides is 2. The lowest BCUT2D eigenvalue weighted by molar-refractivity contribution is 0.0984. The molecule has 0 bridgehead atoms. The maximum atomic E-state index is 13.3. The molecule has 1 aliphatic rings. The Morgan fingerprint density at radius 3 is 2.42 bits per heavy atom. The van der Waals surface area contributed by atoms with Gasteiger partial charge in [-0.15, -0.1) is 0 Å². The van der Waals surface area contributed by atoms with Crippen LogP contribution in [0, 0.1) is 13.8 Å². The fraction of sp³-hybridized carbons (Fsp3) is 0.259. The van der Waals surface area contributed by atoms with Crippen molar-refractivity contribution in [1.29, 1.82) is 0 Å². The van der Waals surface area contributed by atoms with E-state index in [1.807, 2.05) is 55.1 Å². The standard InChI is InChI=1S/C27H28N2O2/c1-19-9-8-12-24(20(19)2)26(30)28-23-16-14-22(15-17-23)27(31)29-18-7-3-4-10-21-11-5-6-13-25(21)29/h5-6,8-9,11-17H,3-4,7,10,18H2,1-2H3,(H,28,30). The van der Waals surface area contributed by atoms with Crippen LogP contribution in [0.4, 0.5) is 11.4 Å². The van der Waals surface area contributed by atoms with Gasteiger partial charge in [-0.3, -0.25) is 9.59 Å². The topological polar surface area (TPSA) is 49.4 Å². The second-order valence-electron chi connectivity index (χ2n) is 8.18. The quantitative estimate of drug-likeness (QED) is 0.580. The van der Waals surface area contributed by atoms with Gasteiger partial charge >= 0.3 is 0 Å². The Morgan fingerprint density at radius 1 is 0.839 bits per heavy atom. The highest BCUT2D eigenvalue weighted by Crippen LogP contribution is 2.27. The number of carbonyl (C=O) groups excluding carboxylic acids is 2. The summed E-state index contributed by atoms with van der Waals surface area (Å²) in [4.78, 5) is 27.9. The second kappa shape index (κ2) is 9.17. The summed E-state index contributed by atoms with van der Waals surface area (Å²) in [5, 5.41) is 2.94. The van der Waals surface area contributed by atoms with Crippen LogP contribution >= 0.6 is 0 Å². The summed E-state index contributed by atoms with van der Waals surface area (Å²) in [6.07, 6.45) is 4.29. The number of nitrogens with zero attached hydrogens (tertiary/aromatic N) is 1. The number of hydrogen-bond donors (Lipinski definition) is 1. The zero-order valence-electron chi connectivity index (χ0n) is 18.2. The van der Waals surface area contributed by atoms with Crippen molar-refractivity contribution in [2.75, 3.05) is 16.8 Å². The molecule has 2 amide bonds. The van der Waals surface area contributed by atoms with Crippen molar-refractivity contribution in [3.05, 3.63) is 94.5 Å². The van der Waals surface area contributed by atoms with E-state index in [-0.39, 0.29) is 11.8 Å². The van der Waals surface area contributed by atoms with Crippen LogP contribution in [0.25, 0.3) is 0 Å². The lowest BCUT2D eigenvalue weighted by Crippen LogP contribution is -2.33. The Bertz CT molecular complexity index is 1100. The Kier molecular flexibility index (Phi) is 6.17. The van der Waals surface area contributed by atoms with E-state index >= 15 is 0 Å². The van der Waals surface area contributed by atoms with E-state index in [0.29, 0.717) is 16.8 Å². The van der Waals surface area contributed by atoms with Crippen LogP contribution in [-0.2, 0) is 6.42 Å². The minimum atomic E-state index is -0.141. The Balaban J connectivity index is 1.52. The lowest BCUT2D eigenvalue weighted by atomic mass is 10.0. The summed E-state index contributed by atoms with van der Waals surface area (Å²) in [5.74, 6) is -0.139. The summed E-state index contributed by atoms with van der Waals surface area (Å²) in [7, 11) is 0. The van der Waals surface area contributed by atoms with Gasteiger partial charge in [0.1, 0.15) is 0 Å². The first-order valence-electron chi connectivity index (χ1n) is 10.9. The molecule has 4 heteroatoms. The fourth-order valence-corrected chi connectivity index (χ4v) is 4.13. The lowest BCUT2D eigenvalue weighted by Gasteiger charge is -2.27. The molecule has 4 nitrogen and oxygen atoms in total. The summed E-state index contributed by atoms with van der Waals surface area (Å²) in [6.45, 7) is 4.67. The van der Waals surface area contributed by atoms with E-state index in [0.717, 1.165) is 49.0 Å². The van der Waals surface area contributed by atoms with E-state index in [1.54, 1.807) is 24.3 Å². The minimum absolute atomic E-state index is 0.00163. The van der Waals surface area contributed by atoms with E-state index < -0.39 is 0 Å². The van der Waals surface area contributed by atoms with Crippen molar-refractivity contribution in [2.24, 2.45) is 0 Å². The summed E-state index contributed by atoms with van der Waals surface area (Å²) in [5.41, 5.74) is 6.27. The minimum Gasteiger partial charge on any atom is -0.322 e. The molecule has 0 atom stereocenters. The highest BCUT2D eigenvalue weighted by Gasteiger charge is 2.21. The van der Waals surface area contributed by atoms with Gasteiger partial charge < -0.3 is 10.2 Å². The number of carbonyl (C=O) groups is 2. The van der Waals surface area contributed by atoms with Crippen LogP contribution in [0.3, 0.4) is 0 Å². The van der Waals surface area contributed by atoms with Gasteiger partial charge in [-0.2, -0.15) is 0 Å². The highest BCUT2D eigenvalue weighted by molar-refractivity contribution is 6.08. The molecule has 158 valence electrons.